The quantitative estimate of drug-likeness (QED) is 0.692. The van der Waals surface area contributed by atoms with E-state index >= 15 is 0 Å². The lowest BCUT2D eigenvalue weighted by Crippen LogP contribution is -2.48. The number of hydrogen-bond donors (Lipinski definition) is 3. The lowest BCUT2D eigenvalue weighted by Gasteiger charge is -2.16. The number of aromatic nitrogens is 1. The number of hydrogen-bond acceptors (Lipinski definition) is 6. The summed E-state index contributed by atoms with van der Waals surface area (Å²) in [7, 11) is 0. The summed E-state index contributed by atoms with van der Waals surface area (Å²) in [5, 5.41) is 14.6. The van der Waals surface area contributed by atoms with Crippen LogP contribution in [-0.2, 0) is 11.3 Å². The molecule has 8 heteroatoms. The number of amides is 2. The summed E-state index contributed by atoms with van der Waals surface area (Å²) in [4.78, 5) is 28.1. The Morgan fingerprint density at radius 1 is 1.16 bits per heavy atom. The zero-order valence-corrected chi connectivity index (χ0v) is 13.3. The molecule has 1 aliphatic rings. The van der Waals surface area contributed by atoms with E-state index in [9.17, 15) is 14.7 Å². The first-order valence-corrected chi connectivity index (χ1v) is 7.65. The third-order valence-electron chi connectivity index (χ3n) is 3.65. The Labute approximate surface area is 143 Å². The molecule has 2 amide bonds. The minimum absolute atomic E-state index is 0.179. The van der Waals surface area contributed by atoms with Crippen molar-refractivity contribution >= 4 is 11.8 Å². The fourth-order valence-electron chi connectivity index (χ4n) is 2.30. The molecule has 1 aromatic heterocycles. The second kappa shape index (κ2) is 7.63. The van der Waals surface area contributed by atoms with Crippen molar-refractivity contribution < 1.29 is 24.2 Å². The van der Waals surface area contributed by atoms with Crippen molar-refractivity contribution in [1.29, 1.82) is 0 Å². The van der Waals surface area contributed by atoms with Gasteiger partial charge in [-0.25, -0.2) is 0 Å². The topological polar surface area (TPSA) is 110 Å². The predicted octanol–water partition coefficient (Wildman–Crippen LogP) is 0.217. The SMILES string of the molecule is O=C(N[C@@H](CO)C(=O)NCc1ccc2c(c1)OCO2)c1ccncc1. The number of ether oxygens (including phenoxy) is 2. The Bertz CT molecular complexity index is 766. The van der Waals surface area contributed by atoms with Crippen molar-refractivity contribution in [3.8, 4) is 11.5 Å². The predicted molar refractivity (Wildman–Crippen MR) is 87.0 cm³/mol. The summed E-state index contributed by atoms with van der Waals surface area (Å²) in [5.41, 5.74) is 1.17. The van der Waals surface area contributed by atoms with Gasteiger partial charge < -0.3 is 25.2 Å². The summed E-state index contributed by atoms with van der Waals surface area (Å²) in [6.07, 6.45) is 2.95. The first kappa shape index (κ1) is 16.7. The van der Waals surface area contributed by atoms with Crippen LogP contribution in [0.5, 0.6) is 11.5 Å². The average molecular weight is 343 g/mol. The molecule has 3 N–H and O–H groups in total. The zero-order chi connectivity index (χ0) is 17.6. The van der Waals surface area contributed by atoms with Crippen LogP contribution in [-0.4, -0.2) is 41.3 Å². The van der Waals surface area contributed by atoms with Gasteiger partial charge in [-0.05, 0) is 29.8 Å². The molecule has 2 heterocycles. The second-order valence-electron chi connectivity index (χ2n) is 5.35. The molecule has 1 aromatic carbocycles. The molecule has 0 bridgehead atoms. The van der Waals surface area contributed by atoms with E-state index in [1.807, 2.05) is 0 Å². The number of benzene rings is 1. The van der Waals surface area contributed by atoms with Crippen LogP contribution in [0.4, 0.5) is 0 Å². The first-order chi connectivity index (χ1) is 12.2. The standard InChI is InChI=1S/C17H17N3O5/c21-9-13(20-16(22)12-3-5-18-6-4-12)17(23)19-8-11-1-2-14-15(7-11)25-10-24-14/h1-7,13,21H,8-10H2,(H,19,23)(H,20,22)/t13-/m0/s1. The maximum Gasteiger partial charge on any atom is 0.252 e. The number of fused-ring (bicyclic) bond motifs is 1. The maximum absolute atomic E-state index is 12.2. The summed E-state index contributed by atoms with van der Waals surface area (Å²) >= 11 is 0. The van der Waals surface area contributed by atoms with Crippen molar-refractivity contribution in [3.05, 3.63) is 53.9 Å². The third kappa shape index (κ3) is 4.04. The lowest BCUT2D eigenvalue weighted by atomic mass is 10.2. The van der Waals surface area contributed by atoms with Crippen molar-refractivity contribution in [2.45, 2.75) is 12.6 Å². The summed E-state index contributed by atoms with van der Waals surface area (Å²) < 4.78 is 10.5. The molecule has 0 saturated carbocycles. The van der Waals surface area contributed by atoms with Crippen LogP contribution in [0.15, 0.2) is 42.7 Å². The molecule has 0 aliphatic carbocycles. The molecule has 2 aromatic rings. The van der Waals surface area contributed by atoms with Gasteiger partial charge in [0.15, 0.2) is 11.5 Å². The molecule has 1 atom stereocenters. The molecule has 3 rings (SSSR count). The van der Waals surface area contributed by atoms with Crippen molar-refractivity contribution in [3.63, 3.8) is 0 Å². The molecule has 1 aliphatic heterocycles. The molecule has 130 valence electrons. The fourth-order valence-corrected chi connectivity index (χ4v) is 2.30. The highest BCUT2D eigenvalue weighted by molar-refractivity contribution is 5.97. The molecular formula is C17H17N3O5. The number of carbonyl (C=O) groups excluding carboxylic acids is 2. The van der Waals surface area contributed by atoms with Gasteiger partial charge in [0.25, 0.3) is 5.91 Å². The highest BCUT2D eigenvalue weighted by Gasteiger charge is 2.21. The van der Waals surface area contributed by atoms with E-state index in [0.717, 1.165) is 5.56 Å². The van der Waals surface area contributed by atoms with Crippen LogP contribution in [0.2, 0.25) is 0 Å². The maximum atomic E-state index is 12.2. The van der Waals surface area contributed by atoms with Gasteiger partial charge in [-0.15, -0.1) is 0 Å². The Hall–Kier alpha value is -3.13. The second-order valence-corrected chi connectivity index (χ2v) is 5.35. The highest BCUT2D eigenvalue weighted by atomic mass is 16.7. The van der Waals surface area contributed by atoms with Crippen LogP contribution in [0.3, 0.4) is 0 Å². The van der Waals surface area contributed by atoms with Gasteiger partial charge in [0.05, 0.1) is 6.61 Å². The number of rotatable bonds is 6. The van der Waals surface area contributed by atoms with Gasteiger partial charge in [-0.3, -0.25) is 14.6 Å². The van der Waals surface area contributed by atoms with Crippen LogP contribution in [0, 0.1) is 0 Å². The van der Waals surface area contributed by atoms with Crippen molar-refractivity contribution in [2.75, 3.05) is 13.4 Å². The van der Waals surface area contributed by atoms with Crippen LogP contribution < -0.4 is 20.1 Å². The van der Waals surface area contributed by atoms with E-state index in [-0.39, 0.29) is 13.3 Å². The number of aliphatic hydroxyl groups excluding tert-OH is 1. The molecule has 0 fully saturated rings. The van der Waals surface area contributed by atoms with Crippen LogP contribution in [0.1, 0.15) is 15.9 Å². The number of aliphatic hydroxyl groups is 1. The van der Waals surface area contributed by atoms with Crippen molar-refractivity contribution in [2.24, 2.45) is 0 Å². The first-order valence-electron chi connectivity index (χ1n) is 7.65. The number of nitrogens with zero attached hydrogens (tertiary/aromatic N) is 1. The summed E-state index contributed by atoms with van der Waals surface area (Å²) in [6.45, 7) is -0.0976. The van der Waals surface area contributed by atoms with Gasteiger partial charge in [0.1, 0.15) is 6.04 Å². The molecule has 0 saturated heterocycles. The summed E-state index contributed by atoms with van der Waals surface area (Å²) in [5.74, 6) is 0.339. The number of carbonyl (C=O) groups is 2. The fraction of sp³-hybridized carbons (Fsp3) is 0.235. The van der Waals surface area contributed by atoms with Gasteiger partial charge in [0.2, 0.25) is 12.7 Å². The number of nitrogens with one attached hydrogen (secondary N) is 2. The molecule has 0 radical (unpaired) electrons. The minimum atomic E-state index is -1.05. The van der Waals surface area contributed by atoms with E-state index in [4.69, 9.17) is 9.47 Å². The Morgan fingerprint density at radius 3 is 2.68 bits per heavy atom. The Morgan fingerprint density at radius 2 is 1.92 bits per heavy atom. The largest absolute Gasteiger partial charge is 0.454 e. The molecule has 0 spiro atoms. The molecule has 0 unspecified atom stereocenters. The molecular weight excluding hydrogens is 326 g/mol. The van der Waals surface area contributed by atoms with E-state index in [0.29, 0.717) is 17.1 Å². The van der Waals surface area contributed by atoms with Gasteiger partial charge in [-0.1, -0.05) is 6.07 Å². The van der Waals surface area contributed by atoms with E-state index in [1.165, 1.54) is 24.5 Å². The van der Waals surface area contributed by atoms with Crippen LogP contribution >= 0.6 is 0 Å². The Kier molecular flexibility index (Phi) is 5.10. The van der Waals surface area contributed by atoms with E-state index in [1.54, 1.807) is 18.2 Å². The lowest BCUT2D eigenvalue weighted by molar-refractivity contribution is -0.124. The van der Waals surface area contributed by atoms with Crippen molar-refractivity contribution in [1.82, 2.24) is 15.6 Å². The van der Waals surface area contributed by atoms with Gasteiger partial charge >= 0.3 is 0 Å². The number of pyridine rings is 1. The average Bonchev–Trinajstić information content (AvgIpc) is 3.12. The third-order valence-corrected chi connectivity index (χ3v) is 3.65. The van der Waals surface area contributed by atoms with E-state index in [2.05, 4.69) is 15.6 Å². The highest BCUT2D eigenvalue weighted by Crippen LogP contribution is 2.32. The Balaban J connectivity index is 1.56. The summed E-state index contributed by atoms with van der Waals surface area (Å²) in [6, 6.07) is 7.33. The normalized spacial score (nSPS) is 13.2. The zero-order valence-electron chi connectivity index (χ0n) is 13.3. The molecule has 25 heavy (non-hydrogen) atoms. The van der Waals surface area contributed by atoms with Crippen LogP contribution in [0.25, 0.3) is 0 Å². The van der Waals surface area contributed by atoms with Gasteiger partial charge in [-0.2, -0.15) is 0 Å². The molecule has 8 nitrogen and oxygen atoms in total. The van der Waals surface area contributed by atoms with Gasteiger partial charge in [0, 0.05) is 24.5 Å². The minimum Gasteiger partial charge on any atom is -0.454 e. The smallest absolute Gasteiger partial charge is 0.252 e. The van der Waals surface area contributed by atoms with E-state index < -0.39 is 24.5 Å². The monoisotopic (exact) mass is 343 g/mol.